The molecule has 4 rings (SSSR count). The first-order valence-electron chi connectivity index (χ1n) is 10.2. The van der Waals surface area contributed by atoms with Crippen LogP contribution in [-0.4, -0.2) is 32.3 Å². The van der Waals surface area contributed by atoms with Gasteiger partial charge in [0.25, 0.3) is 5.91 Å². The summed E-state index contributed by atoms with van der Waals surface area (Å²) in [6.07, 6.45) is 3.78. The third kappa shape index (κ3) is 4.85. The fourth-order valence-electron chi connectivity index (χ4n) is 3.40. The van der Waals surface area contributed by atoms with Crippen LogP contribution in [0.2, 0.25) is 0 Å². The van der Waals surface area contributed by atoms with E-state index in [-0.39, 0.29) is 18.2 Å². The van der Waals surface area contributed by atoms with Gasteiger partial charge < -0.3 is 5.32 Å². The van der Waals surface area contributed by atoms with Crippen molar-refractivity contribution < 1.29 is 9.59 Å². The van der Waals surface area contributed by atoms with Crippen molar-refractivity contribution in [2.75, 3.05) is 5.01 Å². The van der Waals surface area contributed by atoms with E-state index in [9.17, 15) is 9.59 Å². The molecule has 2 heterocycles. The second-order valence-corrected chi connectivity index (χ2v) is 7.63. The molecule has 2 amide bonds. The molecule has 0 saturated carbocycles. The normalized spacial score (nSPS) is 13.8. The molecule has 31 heavy (non-hydrogen) atoms. The second kappa shape index (κ2) is 8.91. The molecule has 2 aromatic carbocycles. The van der Waals surface area contributed by atoms with E-state index in [2.05, 4.69) is 20.5 Å². The monoisotopic (exact) mass is 416 g/mol. The summed E-state index contributed by atoms with van der Waals surface area (Å²) in [5, 5.41) is 12.7. The average Bonchev–Trinajstić information content (AvgIpc) is 3.28. The first kappa shape index (κ1) is 20.5. The SMILES string of the molecule is Cc1ccc(C)c(N2N=C(C(=O)NCc3ccc(Cn4cncn4)cc3)CCC2=O)c1. The minimum Gasteiger partial charge on any atom is -0.347 e. The van der Waals surface area contributed by atoms with E-state index in [4.69, 9.17) is 0 Å². The number of hydrogen-bond donors (Lipinski definition) is 1. The van der Waals surface area contributed by atoms with Crippen LogP contribution in [0.1, 0.15) is 35.1 Å². The molecular weight excluding hydrogens is 392 g/mol. The van der Waals surface area contributed by atoms with Gasteiger partial charge >= 0.3 is 0 Å². The highest BCUT2D eigenvalue weighted by Crippen LogP contribution is 2.25. The zero-order chi connectivity index (χ0) is 21.8. The summed E-state index contributed by atoms with van der Waals surface area (Å²) in [5.74, 6) is -0.359. The molecule has 158 valence electrons. The number of aromatic nitrogens is 3. The molecule has 1 N–H and O–H groups in total. The van der Waals surface area contributed by atoms with Crippen LogP contribution in [0.3, 0.4) is 0 Å². The summed E-state index contributed by atoms with van der Waals surface area (Å²) < 4.78 is 1.75. The molecule has 0 unspecified atom stereocenters. The second-order valence-electron chi connectivity index (χ2n) is 7.63. The van der Waals surface area contributed by atoms with Gasteiger partial charge in [0, 0.05) is 19.4 Å². The number of anilines is 1. The van der Waals surface area contributed by atoms with E-state index in [1.165, 1.54) is 11.3 Å². The van der Waals surface area contributed by atoms with E-state index >= 15 is 0 Å². The van der Waals surface area contributed by atoms with Crippen LogP contribution in [0.25, 0.3) is 0 Å². The first-order chi connectivity index (χ1) is 15.0. The Morgan fingerprint density at radius 2 is 1.84 bits per heavy atom. The molecule has 8 heteroatoms. The van der Waals surface area contributed by atoms with Crippen LogP contribution in [-0.2, 0) is 22.7 Å². The summed E-state index contributed by atoms with van der Waals surface area (Å²) in [6, 6.07) is 13.8. The Hall–Kier alpha value is -3.81. The van der Waals surface area contributed by atoms with Gasteiger partial charge in [-0.15, -0.1) is 0 Å². The molecule has 8 nitrogen and oxygen atoms in total. The van der Waals surface area contributed by atoms with Crippen LogP contribution in [0.4, 0.5) is 5.69 Å². The minimum absolute atomic E-state index is 0.103. The standard InChI is InChI=1S/C23H24N6O2/c1-16-3-4-17(2)21(11-16)29-22(30)10-9-20(27-29)23(31)25-12-18-5-7-19(8-6-18)13-28-15-24-14-26-28/h3-8,11,14-15H,9-10,12-13H2,1-2H3,(H,25,31). The number of rotatable bonds is 6. The van der Waals surface area contributed by atoms with Gasteiger partial charge in [-0.3, -0.25) is 9.59 Å². The van der Waals surface area contributed by atoms with Gasteiger partial charge in [-0.05, 0) is 42.2 Å². The van der Waals surface area contributed by atoms with E-state index in [0.717, 1.165) is 27.9 Å². The van der Waals surface area contributed by atoms with Gasteiger partial charge in [0.2, 0.25) is 5.91 Å². The van der Waals surface area contributed by atoms with Crippen LogP contribution < -0.4 is 10.3 Å². The summed E-state index contributed by atoms with van der Waals surface area (Å²) in [6.45, 7) is 4.93. The maximum Gasteiger partial charge on any atom is 0.267 e. The maximum atomic E-state index is 12.7. The number of hydrogen-bond acceptors (Lipinski definition) is 5. The molecule has 1 aliphatic rings. The van der Waals surface area contributed by atoms with Crippen molar-refractivity contribution in [3.05, 3.63) is 77.4 Å². The van der Waals surface area contributed by atoms with Crippen molar-refractivity contribution in [3.63, 3.8) is 0 Å². The van der Waals surface area contributed by atoms with Gasteiger partial charge in [-0.25, -0.2) is 14.7 Å². The fourth-order valence-corrected chi connectivity index (χ4v) is 3.40. The predicted molar refractivity (Wildman–Crippen MR) is 117 cm³/mol. The van der Waals surface area contributed by atoms with Gasteiger partial charge in [0.05, 0.1) is 12.2 Å². The molecule has 1 aromatic heterocycles. The Bertz CT molecular complexity index is 1120. The number of hydrazone groups is 1. The van der Waals surface area contributed by atoms with Gasteiger partial charge in [0.15, 0.2) is 0 Å². The first-order valence-corrected chi connectivity index (χ1v) is 10.2. The largest absolute Gasteiger partial charge is 0.347 e. The number of aryl methyl sites for hydroxylation is 2. The third-order valence-corrected chi connectivity index (χ3v) is 5.17. The van der Waals surface area contributed by atoms with Crippen LogP contribution in [0.5, 0.6) is 0 Å². The Kier molecular flexibility index (Phi) is 5.88. The predicted octanol–water partition coefficient (Wildman–Crippen LogP) is 2.74. The minimum atomic E-state index is -0.255. The lowest BCUT2D eigenvalue weighted by Crippen LogP contribution is -2.39. The lowest BCUT2D eigenvalue weighted by molar-refractivity contribution is -0.119. The van der Waals surface area contributed by atoms with Crippen molar-refractivity contribution in [1.82, 2.24) is 20.1 Å². The van der Waals surface area contributed by atoms with Gasteiger partial charge in [0.1, 0.15) is 18.4 Å². The molecular formula is C23H24N6O2. The lowest BCUT2D eigenvalue weighted by Gasteiger charge is -2.24. The maximum absolute atomic E-state index is 12.7. The highest BCUT2D eigenvalue weighted by atomic mass is 16.2. The third-order valence-electron chi connectivity index (χ3n) is 5.17. The topological polar surface area (TPSA) is 92.5 Å². The molecule has 0 fully saturated rings. The van der Waals surface area contributed by atoms with Gasteiger partial charge in [-0.1, -0.05) is 36.4 Å². The van der Waals surface area contributed by atoms with Crippen molar-refractivity contribution >= 4 is 23.2 Å². The Morgan fingerprint density at radius 3 is 2.58 bits per heavy atom. The molecule has 0 aliphatic carbocycles. The van der Waals surface area contributed by atoms with Crippen LogP contribution in [0.15, 0.2) is 60.2 Å². The summed E-state index contributed by atoms with van der Waals surface area (Å²) in [5.41, 5.74) is 5.14. The molecule has 0 bridgehead atoms. The number of carbonyl (C=O) groups is 2. The molecule has 0 radical (unpaired) electrons. The highest BCUT2D eigenvalue weighted by molar-refractivity contribution is 6.40. The number of carbonyl (C=O) groups excluding carboxylic acids is 2. The molecule has 0 atom stereocenters. The smallest absolute Gasteiger partial charge is 0.267 e. The zero-order valence-electron chi connectivity index (χ0n) is 17.6. The van der Waals surface area contributed by atoms with Crippen LogP contribution >= 0.6 is 0 Å². The summed E-state index contributed by atoms with van der Waals surface area (Å²) >= 11 is 0. The van der Waals surface area contributed by atoms with E-state index in [1.54, 1.807) is 11.0 Å². The molecule has 1 aliphatic heterocycles. The summed E-state index contributed by atoms with van der Waals surface area (Å²) in [4.78, 5) is 29.1. The van der Waals surface area contributed by atoms with E-state index < -0.39 is 0 Å². The summed E-state index contributed by atoms with van der Waals surface area (Å²) in [7, 11) is 0. The Labute approximate surface area is 180 Å². The van der Waals surface area contributed by atoms with Crippen molar-refractivity contribution in [3.8, 4) is 0 Å². The van der Waals surface area contributed by atoms with Crippen molar-refractivity contribution in [1.29, 1.82) is 0 Å². The Balaban J connectivity index is 1.41. The average molecular weight is 416 g/mol. The molecule has 3 aromatic rings. The number of nitrogens with zero attached hydrogens (tertiary/aromatic N) is 5. The number of amides is 2. The molecule has 0 saturated heterocycles. The van der Waals surface area contributed by atoms with Crippen LogP contribution in [0, 0.1) is 13.8 Å². The number of nitrogens with one attached hydrogen (secondary N) is 1. The Morgan fingerprint density at radius 1 is 1.06 bits per heavy atom. The van der Waals surface area contributed by atoms with Crippen molar-refractivity contribution in [2.45, 2.75) is 39.8 Å². The van der Waals surface area contributed by atoms with Crippen molar-refractivity contribution in [2.24, 2.45) is 5.10 Å². The zero-order valence-corrected chi connectivity index (χ0v) is 17.6. The quantitative estimate of drug-likeness (QED) is 0.669. The van der Waals surface area contributed by atoms with E-state index in [0.29, 0.717) is 25.2 Å². The highest BCUT2D eigenvalue weighted by Gasteiger charge is 2.26. The van der Waals surface area contributed by atoms with Gasteiger partial charge in [-0.2, -0.15) is 10.2 Å². The fraction of sp³-hybridized carbons (Fsp3) is 0.261. The van der Waals surface area contributed by atoms with E-state index in [1.807, 2.05) is 56.3 Å². The molecule has 0 spiro atoms. The lowest BCUT2D eigenvalue weighted by atomic mass is 10.1. The number of benzene rings is 2.